The minimum Gasteiger partial charge on any atom is -0.381 e. The van der Waals surface area contributed by atoms with Crippen LogP contribution in [0.15, 0.2) is 18.3 Å². The molecule has 4 nitrogen and oxygen atoms in total. The molecule has 4 heteroatoms. The zero-order chi connectivity index (χ0) is 14.7. The molecule has 21 heavy (non-hydrogen) atoms. The Morgan fingerprint density at radius 2 is 2.29 bits per heavy atom. The lowest BCUT2D eigenvalue weighted by molar-refractivity contribution is -0.125. The number of fused-ring (bicyclic) bond motifs is 1. The first-order valence-corrected chi connectivity index (χ1v) is 8.18. The zero-order valence-electron chi connectivity index (χ0n) is 12.9. The van der Waals surface area contributed by atoms with Crippen molar-refractivity contribution in [2.45, 2.75) is 56.6 Å². The molecule has 1 aliphatic heterocycles. The van der Waals surface area contributed by atoms with Gasteiger partial charge in [0.15, 0.2) is 0 Å². The molecule has 0 amide bonds. The topological polar surface area (TPSA) is 57.4 Å². The smallest absolute Gasteiger partial charge is 0.0882 e. The van der Waals surface area contributed by atoms with Crippen LogP contribution in [0.1, 0.15) is 49.8 Å². The Kier molecular flexibility index (Phi) is 4.57. The predicted molar refractivity (Wildman–Crippen MR) is 82.3 cm³/mol. The van der Waals surface area contributed by atoms with Crippen molar-refractivity contribution in [2.75, 3.05) is 19.8 Å². The van der Waals surface area contributed by atoms with Crippen molar-refractivity contribution in [3.8, 4) is 0 Å². The summed E-state index contributed by atoms with van der Waals surface area (Å²) in [6, 6.07) is 4.22. The molecule has 0 spiro atoms. The molecule has 1 aromatic heterocycles. The highest BCUT2D eigenvalue weighted by Gasteiger charge is 2.44. The van der Waals surface area contributed by atoms with Gasteiger partial charge in [-0.15, -0.1) is 0 Å². The maximum absolute atomic E-state index is 6.74. The zero-order valence-corrected chi connectivity index (χ0v) is 12.9. The summed E-state index contributed by atoms with van der Waals surface area (Å²) < 4.78 is 11.7. The fraction of sp³-hybridized carbons (Fsp3) is 0.706. The van der Waals surface area contributed by atoms with Gasteiger partial charge in [-0.3, -0.25) is 4.98 Å². The Labute approximate surface area is 127 Å². The Morgan fingerprint density at radius 1 is 1.48 bits per heavy atom. The molecule has 2 aliphatic rings. The molecule has 2 heterocycles. The Hall–Kier alpha value is -0.970. The minimum atomic E-state index is -0.246. The third-order valence-corrected chi connectivity index (χ3v) is 5.05. The molecule has 0 aromatic carbocycles. The van der Waals surface area contributed by atoms with Crippen molar-refractivity contribution in [3.05, 3.63) is 29.6 Å². The van der Waals surface area contributed by atoms with Crippen LogP contribution in [0.25, 0.3) is 0 Å². The van der Waals surface area contributed by atoms with Crippen molar-refractivity contribution in [1.29, 1.82) is 0 Å². The molecule has 1 aliphatic carbocycles. The lowest BCUT2D eigenvalue weighted by atomic mass is 9.73. The SMILES string of the molecule is CCOC1(C(N)C2CCCc3cccnc32)CCOCC1. The highest BCUT2D eigenvalue weighted by Crippen LogP contribution is 2.40. The Bertz CT molecular complexity index is 466. The first kappa shape index (κ1) is 14.9. The van der Waals surface area contributed by atoms with Crippen LogP contribution in [-0.4, -0.2) is 36.4 Å². The summed E-state index contributed by atoms with van der Waals surface area (Å²) >= 11 is 0. The van der Waals surface area contributed by atoms with Crippen LogP contribution in [0.2, 0.25) is 0 Å². The highest BCUT2D eigenvalue weighted by molar-refractivity contribution is 5.28. The fourth-order valence-corrected chi connectivity index (χ4v) is 3.94. The number of aromatic nitrogens is 1. The average Bonchev–Trinajstić information content (AvgIpc) is 2.55. The van der Waals surface area contributed by atoms with Crippen LogP contribution < -0.4 is 5.73 Å². The second-order valence-electron chi connectivity index (χ2n) is 6.18. The van der Waals surface area contributed by atoms with E-state index in [1.165, 1.54) is 17.7 Å². The number of ether oxygens (including phenoxy) is 2. The Balaban J connectivity index is 1.88. The van der Waals surface area contributed by atoms with E-state index in [0.29, 0.717) is 12.5 Å². The number of nitrogens with zero attached hydrogens (tertiary/aromatic N) is 1. The van der Waals surface area contributed by atoms with Gasteiger partial charge in [-0.05, 0) is 37.8 Å². The molecule has 2 atom stereocenters. The molecule has 1 fully saturated rings. The first-order valence-electron chi connectivity index (χ1n) is 8.18. The second-order valence-corrected chi connectivity index (χ2v) is 6.18. The standard InChI is InChI=1S/C17H26N2O2/c1-2-21-17(8-11-20-12-9-17)16(18)14-7-3-5-13-6-4-10-19-15(13)14/h4,6,10,14,16H,2-3,5,7-9,11-12,18H2,1H3. The van der Waals surface area contributed by atoms with E-state index < -0.39 is 0 Å². The summed E-state index contributed by atoms with van der Waals surface area (Å²) in [6.07, 6.45) is 7.09. The van der Waals surface area contributed by atoms with Crippen LogP contribution in [-0.2, 0) is 15.9 Å². The van der Waals surface area contributed by atoms with Crippen molar-refractivity contribution >= 4 is 0 Å². The molecule has 0 radical (unpaired) electrons. The molecule has 0 bridgehead atoms. The number of aryl methyl sites for hydroxylation is 1. The molecule has 116 valence electrons. The summed E-state index contributed by atoms with van der Waals surface area (Å²) in [7, 11) is 0. The normalized spacial score (nSPS) is 26.1. The van der Waals surface area contributed by atoms with Gasteiger partial charge >= 0.3 is 0 Å². The van der Waals surface area contributed by atoms with Crippen LogP contribution in [0.5, 0.6) is 0 Å². The molecule has 1 aromatic rings. The van der Waals surface area contributed by atoms with Crippen molar-refractivity contribution in [1.82, 2.24) is 4.98 Å². The number of rotatable bonds is 4. The monoisotopic (exact) mass is 290 g/mol. The summed E-state index contributed by atoms with van der Waals surface area (Å²) in [6.45, 7) is 4.25. The lowest BCUT2D eigenvalue weighted by Crippen LogP contribution is -2.56. The van der Waals surface area contributed by atoms with E-state index in [4.69, 9.17) is 15.2 Å². The largest absolute Gasteiger partial charge is 0.381 e. The van der Waals surface area contributed by atoms with E-state index in [1.807, 2.05) is 12.3 Å². The van der Waals surface area contributed by atoms with E-state index in [-0.39, 0.29) is 11.6 Å². The highest BCUT2D eigenvalue weighted by atomic mass is 16.5. The quantitative estimate of drug-likeness (QED) is 0.925. The van der Waals surface area contributed by atoms with Crippen molar-refractivity contribution < 1.29 is 9.47 Å². The molecule has 2 unspecified atom stereocenters. The van der Waals surface area contributed by atoms with Gasteiger partial charge in [0, 0.05) is 56.5 Å². The van der Waals surface area contributed by atoms with Crippen LogP contribution in [0, 0.1) is 0 Å². The summed E-state index contributed by atoms with van der Waals surface area (Å²) in [5.41, 5.74) is 9.05. The van der Waals surface area contributed by atoms with Crippen molar-refractivity contribution in [3.63, 3.8) is 0 Å². The maximum Gasteiger partial charge on any atom is 0.0882 e. The van der Waals surface area contributed by atoms with Gasteiger partial charge in [-0.2, -0.15) is 0 Å². The summed E-state index contributed by atoms with van der Waals surface area (Å²) in [5.74, 6) is 0.305. The van der Waals surface area contributed by atoms with Gasteiger partial charge in [0.1, 0.15) is 0 Å². The van der Waals surface area contributed by atoms with Gasteiger partial charge in [-0.25, -0.2) is 0 Å². The molecular formula is C17H26N2O2. The second kappa shape index (κ2) is 6.42. The number of hydrogen-bond donors (Lipinski definition) is 1. The summed E-state index contributed by atoms with van der Waals surface area (Å²) in [4.78, 5) is 4.64. The van der Waals surface area contributed by atoms with E-state index in [9.17, 15) is 0 Å². The number of nitrogens with two attached hydrogens (primary N) is 1. The van der Waals surface area contributed by atoms with E-state index in [1.54, 1.807) is 0 Å². The van der Waals surface area contributed by atoms with E-state index in [2.05, 4.69) is 18.0 Å². The summed E-state index contributed by atoms with van der Waals surface area (Å²) in [5, 5.41) is 0. The number of pyridine rings is 1. The fourth-order valence-electron chi connectivity index (χ4n) is 3.94. The first-order chi connectivity index (χ1) is 10.3. The molecule has 1 saturated heterocycles. The lowest BCUT2D eigenvalue weighted by Gasteiger charge is -2.45. The molecular weight excluding hydrogens is 264 g/mol. The predicted octanol–water partition coefficient (Wildman–Crippen LogP) is 2.41. The molecule has 3 rings (SSSR count). The van der Waals surface area contributed by atoms with Crippen LogP contribution in [0.3, 0.4) is 0 Å². The van der Waals surface area contributed by atoms with Gasteiger partial charge < -0.3 is 15.2 Å². The van der Waals surface area contributed by atoms with Crippen LogP contribution in [0.4, 0.5) is 0 Å². The third-order valence-electron chi connectivity index (χ3n) is 5.05. The van der Waals surface area contributed by atoms with Crippen LogP contribution >= 0.6 is 0 Å². The van der Waals surface area contributed by atoms with Crippen molar-refractivity contribution in [2.24, 2.45) is 5.73 Å². The Morgan fingerprint density at radius 3 is 3.05 bits per heavy atom. The number of hydrogen-bond acceptors (Lipinski definition) is 4. The minimum absolute atomic E-state index is 0.00435. The average molecular weight is 290 g/mol. The maximum atomic E-state index is 6.74. The van der Waals surface area contributed by atoms with Gasteiger partial charge in [-0.1, -0.05) is 6.07 Å². The van der Waals surface area contributed by atoms with Gasteiger partial charge in [0.05, 0.1) is 5.60 Å². The van der Waals surface area contributed by atoms with E-state index >= 15 is 0 Å². The molecule has 2 N–H and O–H groups in total. The molecule has 0 saturated carbocycles. The van der Waals surface area contributed by atoms with Gasteiger partial charge in [0.2, 0.25) is 0 Å². The van der Waals surface area contributed by atoms with Gasteiger partial charge in [0.25, 0.3) is 0 Å². The van der Waals surface area contributed by atoms with E-state index in [0.717, 1.165) is 38.9 Å². The third kappa shape index (κ3) is 2.85.